The third kappa shape index (κ3) is 4.44. The average Bonchev–Trinajstić information content (AvgIpc) is 3.38. The van der Waals surface area contributed by atoms with Gasteiger partial charge in [0.25, 0.3) is 5.69 Å². The number of benzene rings is 2. The second-order valence-corrected chi connectivity index (χ2v) is 7.20. The number of rotatable bonds is 7. The van der Waals surface area contributed by atoms with Gasteiger partial charge in [0.15, 0.2) is 11.5 Å². The van der Waals surface area contributed by atoms with E-state index in [9.17, 15) is 18.9 Å². The van der Waals surface area contributed by atoms with E-state index < -0.39 is 11.5 Å². The minimum absolute atomic E-state index is 0.0126. The van der Waals surface area contributed by atoms with Crippen LogP contribution >= 0.6 is 11.3 Å². The first-order valence-corrected chi connectivity index (χ1v) is 10.2. The summed E-state index contributed by atoms with van der Waals surface area (Å²) < 4.78 is 41.3. The Morgan fingerprint density at radius 2 is 2.00 bits per heavy atom. The van der Waals surface area contributed by atoms with Crippen molar-refractivity contribution in [3.05, 3.63) is 62.3 Å². The fourth-order valence-corrected chi connectivity index (χ4v) is 3.89. The Balaban J connectivity index is 1.75. The Morgan fingerprint density at radius 3 is 2.66 bits per heavy atom. The van der Waals surface area contributed by atoms with E-state index in [1.807, 2.05) is 12.3 Å². The molecule has 0 bridgehead atoms. The molecular formula is C20H16F2N4O5S. The van der Waals surface area contributed by atoms with Gasteiger partial charge in [-0.1, -0.05) is 0 Å². The quantitative estimate of drug-likeness (QED) is 0.297. The van der Waals surface area contributed by atoms with E-state index in [0.717, 1.165) is 0 Å². The second-order valence-electron chi connectivity index (χ2n) is 6.36. The van der Waals surface area contributed by atoms with Crippen molar-refractivity contribution >= 4 is 23.2 Å². The summed E-state index contributed by atoms with van der Waals surface area (Å²) in [5, 5.41) is 17.7. The highest BCUT2D eigenvalue weighted by Crippen LogP contribution is 2.37. The van der Waals surface area contributed by atoms with Crippen molar-refractivity contribution in [3.8, 4) is 28.5 Å². The van der Waals surface area contributed by atoms with Crippen LogP contribution in [0.1, 0.15) is 12.5 Å². The predicted octanol–water partition coefficient (Wildman–Crippen LogP) is 4.26. The van der Waals surface area contributed by atoms with Gasteiger partial charge in [-0.3, -0.25) is 15.1 Å². The summed E-state index contributed by atoms with van der Waals surface area (Å²) in [7, 11) is 0. The summed E-state index contributed by atoms with van der Waals surface area (Å²) in [5.74, 6) is 0.717. The molecule has 3 aromatic rings. The van der Waals surface area contributed by atoms with Crippen LogP contribution in [0.5, 0.6) is 17.2 Å². The monoisotopic (exact) mass is 462 g/mol. The van der Waals surface area contributed by atoms with Crippen molar-refractivity contribution in [3.63, 3.8) is 0 Å². The predicted molar refractivity (Wildman–Crippen MR) is 113 cm³/mol. The van der Waals surface area contributed by atoms with Crippen LogP contribution < -0.4 is 19.0 Å². The lowest BCUT2D eigenvalue weighted by molar-refractivity contribution is -0.385. The van der Waals surface area contributed by atoms with Crippen molar-refractivity contribution < 1.29 is 27.9 Å². The van der Waals surface area contributed by atoms with Gasteiger partial charge in [0.05, 0.1) is 28.5 Å². The molecule has 1 aliphatic rings. The van der Waals surface area contributed by atoms with Crippen LogP contribution in [-0.2, 0) is 0 Å². The standard InChI is InChI=1S/C20H16F2N4O5S/c1-2-23-20-25(16(10-32-20)12-3-5-14(6-4-12)31-19(21)22)24-9-13-7-17-18(30-11-29-17)8-15(13)26(27)28/h3-10,19H,2,11H2,1H3/b23-20?,24-9+. The largest absolute Gasteiger partial charge is 0.454 e. The van der Waals surface area contributed by atoms with E-state index in [2.05, 4.69) is 14.8 Å². The van der Waals surface area contributed by atoms with E-state index in [0.29, 0.717) is 34.1 Å². The molecule has 1 aromatic heterocycles. The van der Waals surface area contributed by atoms with E-state index >= 15 is 0 Å². The van der Waals surface area contributed by atoms with E-state index in [1.54, 1.807) is 12.1 Å². The fraction of sp³-hybridized carbons (Fsp3) is 0.200. The topological polar surface area (TPSA) is 100 Å². The van der Waals surface area contributed by atoms with Crippen molar-refractivity contribution in [1.29, 1.82) is 0 Å². The number of hydrogen-bond donors (Lipinski definition) is 0. The Bertz CT molecular complexity index is 1240. The molecule has 0 amide bonds. The molecule has 9 nitrogen and oxygen atoms in total. The molecule has 0 aliphatic carbocycles. The normalized spacial score (nSPS) is 13.3. The highest BCUT2D eigenvalue weighted by molar-refractivity contribution is 7.07. The summed E-state index contributed by atoms with van der Waals surface area (Å²) in [6, 6.07) is 8.86. The number of aromatic nitrogens is 1. The van der Waals surface area contributed by atoms with Gasteiger partial charge in [-0.05, 0) is 37.3 Å². The molecule has 2 heterocycles. The molecule has 0 N–H and O–H groups in total. The maximum atomic E-state index is 12.4. The van der Waals surface area contributed by atoms with Crippen LogP contribution in [0, 0.1) is 10.1 Å². The Labute approximate surface area is 184 Å². The van der Waals surface area contributed by atoms with Gasteiger partial charge >= 0.3 is 6.61 Å². The SMILES string of the molecule is CCN=c1scc(-c2ccc(OC(F)F)cc2)n1/N=C/c1cc2c(cc1[N+](=O)[O-])OCO2. The number of hydrogen-bond acceptors (Lipinski definition) is 8. The Hall–Kier alpha value is -3.80. The zero-order valence-corrected chi connectivity index (χ0v) is 17.4. The van der Waals surface area contributed by atoms with Gasteiger partial charge in [-0.15, -0.1) is 11.3 Å². The Morgan fingerprint density at radius 1 is 1.28 bits per heavy atom. The van der Waals surface area contributed by atoms with Gasteiger partial charge in [0.2, 0.25) is 11.6 Å². The number of thiazole rings is 1. The van der Waals surface area contributed by atoms with Gasteiger partial charge < -0.3 is 14.2 Å². The van der Waals surface area contributed by atoms with Crippen LogP contribution in [0.15, 0.2) is 51.9 Å². The fourth-order valence-electron chi connectivity index (χ4n) is 2.99. The molecule has 0 radical (unpaired) electrons. The summed E-state index contributed by atoms with van der Waals surface area (Å²) in [6.07, 6.45) is 1.35. The van der Waals surface area contributed by atoms with Crippen LogP contribution in [-0.4, -0.2) is 35.8 Å². The number of halogens is 2. The van der Waals surface area contributed by atoms with Crippen molar-refractivity contribution in [1.82, 2.24) is 4.68 Å². The van der Waals surface area contributed by atoms with Crippen LogP contribution in [0.4, 0.5) is 14.5 Å². The van der Waals surface area contributed by atoms with E-state index in [1.165, 1.54) is 46.5 Å². The van der Waals surface area contributed by atoms with Crippen molar-refractivity contribution in [2.24, 2.45) is 10.1 Å². The number of ether oxygens (including phenoxy) is 3. The molecule has 32 heavy (non-hydrogen) atoms. The summed E-state index contributed by atoms with van der Waals surface area (Å²) in [4.78, 5) is 15.9. The van der Waals surface area contributed by atoms with E-state index in [-0.39, 0.29) is 23.8 Å². The molecule has 12 heteroatoms. The molecule has 0 atom stereocenters. The van der Waals surface area contributed by atoms with Crippen LogP contribution in [0.3, 0.4) is 0 Å². The molecular weight excluding hydrogens is 446 g/mol. The van der Waals surface area contributed by atoms with Gasteiger partial charge in [0.1, 0.15) is 5.75 Å². The smallest absolute Gasteiger partial charge is 0.387 e. The molecule has 0 saturated carbocycles. The molecule has 0 saturated heterocycles. The molecule has 1 aliphatic heterocycles. The number of nitro groups is 1. The zero-order chi connectivity index (χ0) is 22.7. The Kier molecular flexibility index (Phi) is 6.12. The number of nitro benzene ring substituents is 1. The molecule has 2 aromatic carbocycles. The lowest BCUT2D eigenvalue weighted by Gasteiger charge is -2.07. The number of fused-ring (bicyclic) bond motifs is 1. The van der Waals surface area contributed by atoms with Gasteiger partial charge in [-0.2, -0.15) is 13.9 Å². The second kappa shape index (κ2) is 9.14. The van der Waals surface area contributed by atoms with Crippen LogP contribution in [0.2, 0.25) is 0 Å². The minimum Gasteiger partial charge on any atom is -0.454 e. The first kappa shape index (κ1) is 21.4. The highest BCUT2D eigenvalue weighted by atomic mass is 32.1. The molecule has 0 spiro atoms. The highest BCUT2D eigenvalue weighted by Gasteiger charge is 2.22. The zero-order valence-electron chi connectivity index (χ0n) is 16.6. The van der Waals surface area contributed by atoms with Gasteiger partial charge in [0, 0.05) is 17.5 Å². The summed E-state index contributed by atoms with van der Waals surface area (Å²) in [6.45, 7) is -0.557. The lowest BCUT2D eigenvalue weighted by Crippen LogP contribution is -2.12. The van der Waals surface area contributed by atoms with Gasteiger partial charge in [-0.25, -0.2) is 4.68 Å². The average molecular weight is 462 g/mol. The summed E-state index contributed by atoms with van der Waals surface area (Å²) in [5.41, 5.74) is 1.35. The van der Waals surface area contributed by atoms with Crippen molar-refractivity contribution in [2.75, 3.05) is 13.3 Å². The molecule has 0 fully saturated rings. The maximum Gasteiger partial charge on any atom is 0.387 e. The van der Waals surface area contributed by atoms with Crippen LogP contribution in [0.25, 0.3) is 11.3 Å². The third-order valence-electron chi connectivity index (χ3n) is 4.38. The number of alkyl halides is 2. The first-order chi connectivity index (χ1) is 15.5. The maximum absolute atomic E-state index is 12.4. The number of nitrogens with zero attached hydrogens (tertiary/aromatic N) is 4. The minimum atomic E-state index is -2.91. The molecule has 166 valence electrons. The summed E-state index contributed by atoms with van der Waals surface area (Å²) >= 11 is 1.33. The first-order valence-electron chi connectivity index (χ1n) is 9.35. The molecule has 4 rings (SSSR count). The third-order valence-corrected chi connectivity index (χ3v) is 5.24. The molecule has 0 unspecified atom stereocenters. The lowest BCUT2D eigenvalue weighted by atomic mass is 10.1. The van der Waals surface area contributed by atoms with Crippen molar-refractivity contribution in [2.45, 2.75) is 13.5 Å². The van der Waals surface area contributed by atoms with E-state index in [4.69, 9.17) is 9.47 Å².